The summed E-state index contributed by atoms with van der Waals surface area (Å²) < 4.78 is 0. The van der Waals surface area contributed by atoms with Crippen molar-refractivity contribution in [1.29, 1.82) is 0 Å². The van der Waals surface area contributed by atoms with Crippen molar-refractivity contribution in [2.75, 3.05) is 5.32 Å². The van der Waals surface area contributed by atoms with E-state index in [0.29, 0.717) is 6.04 Å². The van der Waals surface area contributed by atoms with Crippen LogP contribution in [0.3, 0.4) is 0 Å². The maximum atomic E-state index is 3.64. The zero-order valence-corrected chi connectivity index (χ0v) is 12.8. The van der Waals surface area contributed by atoms with Gasteiger partial charge in [0.15, 0.2) is 0 Å². The SMILES string of the molecule is Cc1ccc2c(c1)CC(c1ccc(C(C)(C)C)cc1)N2. The zero-order chi connectivity index (χ0) is 14.3. The summed E-state index contributed by atoms with van der Waals surface area (Å²) in [5, 5.41) is 3.64. The maximum Gasteiger partial charge on any atom is 0.0555 e. The highest BCUT2D eigenvalue weighted by molar-refractivity contribution is 5.59. The molecule has 0 aliphatic carbocycles. The second-order valence-corrected chi connectivity index (χ2v) is 6.93. The zero-order valence-electron chi connectivity index (χ0n) is 12.8. The molecule has 1 aliphatic rings. The smallest absolute Gasteiger partial charge is 0.0555 e. The molecule has 1 aliphatic heterocycles. The van der Waals surface area contributed by atoms with Crippen molar-refractivity contribution < 1.29 is 0 Å². The minimum atomic E-state index is 0.224. The fourth-order valence-corrected chi connectivity index (χ4v) is 2.91. The Morgan fingerprint density at radius 2 is 1.70 bits per heavy atom. The quantitative estimate of drug-likeness (QED) is 0.765. The highest BCUT2D eigenvalue weighted by Gasteiger charge is 2.22. The van der Waals surface area contributed by atoms with Crippen LogP contribution in [0, 0.1) is 6.92 Å². The van der Waals surface area contributed by atoms with Crippen molar-refractivity contribution in [3.05, 3.63) is 64.7 Å². The number of aryl methyl sites for hydroxylation is 1. The minimum absolute atomic E-state index is 0.224. The van der Waals surface area contributed by atoms with Gasteiger partial charge < -0.3 is 5.32 Å². The Morgan fingerprint density at radius 1 is 1.00 bits per heavy atom. The molecule has 3 rings (SSSR count). The lowest BCUT2D eigenvalue weighted by atomic mass is 9.86. The molecule has 2 aromatic rings. The van der Waals surface area contributed by atoms with Crippen LogP contribution in [0.25, 0.3) is 0 Å². The van der Waals surface area contributed by atoms with Crippen LogP contribution in [0.5, 0.6) is 0 Å². The summed E-state index contributed by atoms with van der Waals surface area (Å²) in [5.41, 5.74) is 7.07. The molecule has 1 heterocycles. The summed E-state index contributed by atoms with van der Waals surface area (Å²) in [5.74, 6) is 0. The second-order valence-electron chi connectivity index (χ2n) is 6.93. The third-order valence-electron chi connectivity index (χ3n) is 4.19. The van der Waals surface area contributed by atoms with Gasteiger partial charge in [0, 0.05) is 5.69 Å². The van der Waals surface area contributed by atoms with Gasteiger partial charge in [0.1, 0.15) is 0 Å². The van der Waals surface area contributed by atoms with E-state index in [1.165, 1.54) is 27.9 Å². The van der Waals surface area contributed by atoms with Gasteiger partial charge in [-0.1, -0.05) is 62.7 Å². The van der Waals surface area contributed by atoms with E-state index in [1.807, 2.05) is 0 Å². The van der Waals surface area contributed by atoms with Crippen LogP contribution in [0.15, 0.2) is 42.5 Å². The number of nitrogens with one attached hydrogen (secondary N) is 1. The van der Waals surface area contributed by atoms with E-state index >= 15 is 0 Å². The highest BCUT2D eigenvalue weighted by atomic mass is 14.9. The average molecular weight is 265 g/mol. The molecular weight excluding hydrogens is 242 g/mol. The second kappa shape index (κ2) is 4.66. The summed E-state index contributed by atoms with van der Waals surface area (Å²) in [6.07, 6.45) is 1.09. The van der Waals surface area contributed by atoms with Crippen LogP contribution in [0.1, 0.15) is 49.1 Å². The van der Waals surface area contributed by atoms with Crippen molar-refractivity contribution in [3.63, 3.8) is 0 Å². The molecule has 1 unspecified atom stereocenters. The minimum Gasteiger partial charge on any atom is -0.378 e. The van der Waals surface area contributed by atoms with Crippen LogP contribution in [-0.2, 0) is 11.8 Å². The molecule has 2 aromatic carbocycles. The van der Waals surface area contributed by atoms with Gasteiger partial charge in [-0.15, -0.1) is 0 Å². The van der Waals surface area contributed by atoms with Crippen LogP contribution in [0.4, 0.5) is 5.69 Å². The van der Waals surface area contributed by atoms with Gasteiger partial charge in [-0.25, -0.2) is 0 Å². The van der Waals surface area contributed by atoms with Crippen molar-refractivity contribution in [3.8, 4) is 0 Å². The number of rotatable bonds is 1. The van der Waals surface area contributed by atoms with Gasteiger partial charge in [0.2, 0.25) is 0 Å². The third-order valence-corrected chi connectivity index (χ3v) is 4.19. The highest BCUT2D eigenvalue weighted by Crippen LogP contribution is 2.35. The predicted molar refractivity (Wildman–Crippen MR) is 86.4 cm³/mol. The van der Waals surface area contributed by atoms with E-state index in [-0.39, 0.29) is 5.41 Å². The van der Waals surface area contributed by atoms with Gasteiger partial charge in [-0.3, -0.25) is 0 Å². The summed E-state index contributed by atoms with van der Waals surface area (Å²) >= 11 is 0. The molecule has 0 aromatic heterocycles. The molecule has 1 heteroatoms. The first-order chi connectivity index (χ1) is 9.43. The summed E-state index contributed by atoms with van der Waals surface area (Å²) in [7, 11) is 0. The normalized spacial score (nSPS) is 17.7. The molecular formula is C19H23N. The lowest BCUT2D eigenvalue weighted by Crippen LogP contribution is -2.12. The van der Waals surface area contributed by atoms with E-state index in [9.17, 15) is 0 Å². The van der Waals surface area contributed by atoms with E-state index in [0.717, 1.165) is 6.42 Å². The molecule has 0 saturated heterocycles. The molecule has 0 saturated carbocycles. The van der Waals surface area contributed by atoms with E-state index < -0.39 is 0 Å². The van der Waals surface area contributed by atoms with Gasteiger partial charge in [0.25, 0.3) is 0 Å². The Labute approximate surface area is 122 Å². The Morgan fingerprint density at radius 3 is 2.35 bits per heavy atom. The maximum absolute atomic E-state index is 3.64. The lowest BCUT2D eigenvalue weighted by Gasteiger charge is -2.20. The predicted octanol–water partition coefficient (Wildman–Crippen LogP) is 5.00. The lowest BCUT2D eigenvalue weighted by molar-refractivity contribution is 0.589. The molecule has 0 amide bonds. The first kappa shape index (κ1) is 13.2. The molecule has 1 atom stereocenters. The molecule has 0 bridgehead atoms. The molecule has 0 fully saturated rings. The fraction of sp³-hybridized carbons (Fsp3) is 0.368. The monoisotopic (exact) mass is 265 g/mol. The number of hydrogen-bond donors (Lipinski definition) is 1. The van der Waals surface area contributed by atoms with Crippen molar-refractivity contribution in [1.82, 2.24) is 0 Å². The number of benzene rings is 2. The van der Waals surface area contributed by atoms with Gasteiger partial charge in [-0.2, -0.15) is 0 Å². The van der Waals surface area contributed by atoms with Gasteiger partial charge in [-0.05, 0) is 41.5 Å². The molecule has 1 N–H and O–H groups in total. The van der Waals surface area contributed by atoms with Crippen molar-refractivity contribution in [2.45, 2.75) is 45.6 Å². The van der Waals surface area contributed by atoms with Crippen molar-refractivity contribution >= 4 is 5.69 Å². The molecule has 1 nitrogen and oxygen atoms in total. The molecule has 20 heavy (non-hydrogen) atoms. The summed E-state index contributed by atoms with van der Waals surface area (Å²) in [4.78, 5) is 0. The first-order valence-corrected chi connectivity index (χ1v) is 7.40. The Bertz CT molecular complexity index is 617. The summed E-state index contributed by atoms with van der Waals surface area (Å²) in [6, 6.07) is 16.2. The van der Waals surface area contributed by atoms with Crippen molar-refractivity contribution in [2.24, 2.45) is 0 Å². The average Bonchev–Trinajstić information content (AvgIpc) is 2.80. The van der Waals surface area contributed by atoms with Gasteiger partial charge in [0.05, 0.1) is 6.04 Å². The largest absolute Gasteiger partial charge is 0.378 e. The standard InChI is InChI=1S/C19H23N/c1-13-5-10-17-15(11-13)12-18(20-17)14-6-8-16(9-7-14)19(2,3)4/h5-11,18,20H,12H2,1-4H3. The molecule has 0 spiro atoms. The number of anilines is 1. The molecule has 104 valence electrons. The van der Waals surface area contributed by atoms with E-state index in [4.69, 9.17) is 0 Å². The Hall–Kier alpha value is -1.76. The topological polar surface area (TPSA) is 12.0 Å². The Kier molecular flexibility index (Phi) is 3.08. The molecule has 0 radical (unpaired) electrons. The number of fused-ring (bicyclic) bond motifs is 1. The van der Waals surface area contributed by atoms with Crippen LogP contribution >= 0.6 is 0 Å². The first-order valence-electron chi connectivity index (χ1n) is 7.40. The third kappa shape index (κ3) is 2.45. The summed E-state index contributed by atoms with van der Waals surface area (Å²) in [6.45, 7) is 8.93. The fourth-order valence-electron chi connectivity index (χ4n) is 2.91. The van der Waals surface area contributed by atoms with Crippen LogP contribution in [-0.4, -0.2) is 0 Å². The van der Waals surface area contributed by atoms with Gasteiger partial charge >= 0.3 is 0 Å². The van der Waals surface area contributed by atoms with Crippen LogP contribution in [0.2, 0.25) is 0 Å². The Balaban J connectivity index is 1.83. The van der Waals surface area contributed by atoms with Crippen LogP contribution < -0.4 is 5.32 Å². The van der Waals surface area contributed by atoms with E-state index in [2.05, 4.69) is 75.5 Å². The number of hydrogen-bond acceptors (Lipinski definition) is 1. The van der Waals surface area contributed by atoms with E-state index in [1.54, 1.807) is 0 Å².